The van der Waals surface area contributed by atoms with Crippen molar-refractivity contribution in [2.24, 2.45) is 7.05 Å². The van der Waals surface area contributed by atoms with Crippen molar-refractivity contribution >= 4 is 23.5 Å². The summed E-state index contributed by atoms with van der Waals surface area (Å²) in [5, 5.41) is 2.92. The summed E-state index contributed by atoms with van der Waals surface area (Å²) in [5.41, 5.74) is 10.1. The summed E-state index contributed by atoms with van der Waals surface area (Å²) in [5.74, 6) is 1.27. The molecule has 0 saturated heterocycles. The van der Waals surface area contributed by atoms with Gasteiger partial charge in [-0.1, -0.05) is 26.0 Å². The van der Waals surface area contributed by atoms with E-state index in [-0.39, 0.29) is 5.91 Å². The highest BCUT2D eigenvalue weighted by Gasteiger charge is 2.23. The molecule has 0 saturated carbocycles. The smallest absolute Gasteiger partial charge is 0.275 e. The van der Waals surface area contributed by atoms with E-state index in [2.05, 4.69) is 39.0 Å². The molecule has 8 heteroatoms. The summed E-state index contributed by atoms with van der Waals surface area (Å²) in [6.07, 6.45) is 4.28. The average Bonchev–Trinajstić information content (AvgIpc) is 3.10. The molecule has 2 aromatic heterocycles. The van der Waals surface area contributed by atoms with Crippen LogP contribution in [-0.4, -0.2) is 32.0 Å². The molecule has 0 radical (unpaired) electrons. The fourth-order valence-electron chi connectivity index (χ4n) is 3.51. The molecule has 8 nitrogen and oxygen atoms in total. The number of hydrogen-bond donors (Lipinski definition) is 2. The summed E-state index contributed by atoms with van der Waals surface area (Å²) in [6, 6.07) is 7.91. The molecule has 0 fully saturated rings. The van der Waals surface area contributed by atoms with Gasteiger partial charge in [0.2, 0.25) is 11.9 Å². The largest absolute Gasteiger partial charge is 0.368 e. The predicted octanol–water partition coefficient (Wildman–Crippen LogP) is 2.73. The molecule has 3 aromatic rings. The highest BCUT2D eigenvalue weighted by Crippen LogP contribution is 2.23. The van der Waals surface area contributed by atoms with Crippen LogP contribution in [0.1, 0.15) is 47.1 Å². The third kappa shape index (κ3) is 3.91. The Bertz CT molecular complexity index is 1040. The van der Waals surface area contributed by atoms with Crippen molar-refractivity contribution in [2.75, 3.05) is 22.5 Å². The second kappa shape index (κ2) is 7.54. The van der Waals surface area contributed by atoms with Gasteiger partial charge in [0, 0.05) is 50.2 Å². The number of rotatable bonds is 4. The zero-order valence-electron chi connectivity index (χ0n) is 16.9. The summed E-state index contributed by atoms with van der Waals surface area (Å²) < 4.78 is 1.87. The van der Waals surface area contributed by atoms with E-state index in [9.17, 15) is 4.79 Å². The number of nitrogens with one attached hydrogen (secondary N) is 1. The Labute approximate surface area is 169 Å². The number of imidazole rings is 1. The number of fused-ring (bicyclic) bond motifs is 1. The van der Waals surface area contributed by atoms with Gasteiger partial charge in [-0.2, -0.15) is 0 Å². The van der Waals surface area contributed by atoms with Crippen LogP contribution < -0.4 is 16.0 Å². The van der Waals surface area contributed by atoms with E-state index in [4.69, 9.17) is 5.73 Å². The lowest BCUT2D eigenvalue weighted by atomic mass is 10.0. The van der Waals surface area contributed by atoms with Crippen LogP contribution in [-0.2, 0) is 20.0 Å². The molecule has 3 N–H and O–H groups in total. The standard InChI is InChI=1S/C21H25N7O/c1-13(2)14-4-6-16(7-5-14)24-19(29)18-12-27(3)21(26-18)28-9-8-17-15(11-28)10-23-20(22)25-17/h4-7,10,12-13H,8-9,11H2,1-3H3,(H,24,29)(H2,22,23,25). The fourth-order valence-corrected chi connectivity index (χ4v) is 3.51. The first-order chi connectivity index (χ1) is 13.9. The number of nitrogens with zero attached hydrogens (tertiary/aromatic N) is 5. The molecule has 4 rings (SSSR count). The second-order valence-electron chi connectivity index (χ2n) is 7.64. The molecular weight excluding hydrogens is 366 g/mol. The molecule has 1 aliphatic rings. The molecule has 0 unspecified atom stereocenters. The van der Waals surface area contributed by atoms with Gasteiger partial charge in [-0.05, 0) is 23.6 Å². The minimum atomic E-state index is -0.224. The van der Waals surface area contributed by atoms with Gasteiger partial charge in [-0.15, -0.1) is 0 Å². The number of benzene rings is 1. The van der Waals surface area contributed by atoms with E-state index in [1.807, 2.05) is 35.9 Å². The topological polar surface area (TPSA) is 102 Å². The quantitative estimate of drug-likeness (QED) is 0.709. The Morgan fingerprint density at radius 2 is 1.97 bits per heavy atom. The molecule has 150 valence electrons. The molecule has 0 aliphatic carbocycles. The van der Waals surface area contributed by atoms with E-state index < -0.39 is 0 Å². The molecule has 0 spiro atoms. The van der Waals surface area contributed by atoms with Gasteiger partial charge in [0.25, 0.3) is 5.91 Å². The highest BCUT2D eigenvalue weighted by molar-refractivity contribution is 6.03. The first-order valence-corrected chi connectivity index (χ1v) is 9.70. The van der Waals surface area contributed by atoms with Crippen LogP contribution in [0.5, 0.6) is 0 Å². The first kappa shape index (κ1) is 18.9. The van der Waals surface area contributed by atoms with Crippen molar-refractivity contribution < 1.29 is 4.79 Å². The summed E-state index contributed by atoms with van der Waals surface area (Å²) in [4.78, 5) is 27.8. The van der Waals surface area contributed by atoms with Crippen molar-refractivity contribution in [3.8, 4) is 0 Å². The normalized spacial score (nSPS) is 13.4. The van der Waals surface area contributed by atoms with E-state index in [0.717, 1.165) is 35.9 Å². The lowest BCUT2D eigenvalue weighted by Gasteiger charge is -2.28. The van der Waals surface area contributed by atoms with Gasteiger partial charge in [0.15, 0.2) is 0 Å². The molecule has 1 aromatic carbocycles. The minimum Gasteiger partial charge on any atom is -0.368 e. The molecule has 29 heavy (non-hydrogen) atoms. The maximum atomic E-state index is 12.7. The van der Waals surface area contributed by atoms with Gasteiger partial charge < -0.3 is 20.5 Å². The van der Waals surface area contributed by atoms with Crippen molar-refractivity contribution in [2.45, 2.75) is 32.7 Å². The Kier molecular flexibility index (Phi) is 4.92. The second-order valence-corrected chi connectivity index (χ2v) is 7.64. The maximum Gasteiger partial charge on any atom is 0.275 e. The molecular formula is C21H25N7O. The number of aromatic nitrogens is 4. The first-order valence-electron chi connectivity index (χ1n) is 9.70. The number of amides is 1. The Hall–Kier alpha value is -3.42. The number of hydrogen-bond acceptors (Lipinski definition) is 6. The maximum absolute atomic E-state index is 12.7. The Morgan fingerprint density at radius 1 is 1.21 bits per heavy atom. The SMILES string of the molecule is CC(C)c1ccc(NC(=O)c2cn(C)c(N3CCc4nc(N)ncc4C3)n2)cc1. The van der Waals surface area contributed by atoms with Crippen LogP contribution in [0.4, 0.5) is 17.6 Å². The van der Waals surface area contributed by atoms with Crippen LogP contribution in [0.15, 0.2) is 36.7 Å². The van der Waals surface area contributed by atoms with Gasteiger partial charge in [0.1, 0.15) is 5.69 Å². The van der Waals surface area contributed by atoms with Crippen molar-refractivity contribution in [1.29, 1.82) is 0 Å². The van der Waals surface area contributed by atoms with Crippen molar-refractivity contribution in [3.63, 3.8) is 0 Å². The number of anilines is 3. The molecule has 0 atom stereocenters. The van der Waals surface area contributed by atoms with Gasteiger partial charge >= 0.3 is 0 Å². The van der Waals surface area contributed by atoms with Crippen molar-refractivity contribution in [3.05, 3.63) is 59.2 Å². The molecule has 3 heterocycles. The zero-order valence-corrected chi connectivity index (χ0v) is 16.9. The third-order valence-corrected chi connectivity index (χ3v) is 5.16. The summed E-state index contributed by atoms with van der Waals surface area (Å²) >= 11 is 0. The minimum absolute atomic E-state index is 0.224. The van der Waals surface area contributed by atoms with E-state index in [1.165, 1.54) is 5.56 Å². The monoisotopic (exact) mass is 391 g/mol. The van der Waals surface area contributed by atoms with Crippen molar-refractivity contribution in [1.82, 2.24) is 19.5 Å². The predicted molar refractivity (Wildman–Crippen MR) is 113 cm³/mol. The lowest BCUT2D eigenvalue weighted by Crippen LogP contribution is -2.33. The zero-order chi connectivity index (χ0) is 20.5. The van der Waals surface area contributed by atoms with Crippen LogP contribution in [0.2, 0.25) is 0 Å². The Morgan fingerprint density at radius 3 is 2.69 bits per heavy atom. The number of nitrogens with two attached hydrogens (primary N) is 1. The lowest BCUT2D eigenvalue weighted by molar-refractivity contribution is 0.102. The fraction of sp³-hybridized carbons (Fsp3) is 0.333. The van der Waals surface area contributed by atoms with Gasteiger partial charge in [-0.3, -0.25) is 4.79 Å². The number of nitrogen functional groups attached to an aromatic ring is 1. The van der Waals surface area contributed by atoms with E-state index in [0.29, 0.717) is 24.1 Å². The van der Waals surface area contributed by atoms with Crippen LogP contribution >= 0.6 is 0 Å². The summed E-state index contributed by atoms with van der Waals surface area (Å²) in [6.45, 7) is 5.68. The Balaban J connectivity index is 1.49. The number of carbonyl (C=O) groups excluding carboxylic acids is 1. The molecule has 1 amide bonds. The van der Waals surface area contributed by atoms with E-state index >= 15 is 0 Å². The highest BCUT2D eigenvalue weighted by atomic mass is 16.1. The van der Waals surface area contributed by atoms with Gasteiger partial charge in [-0.25, -0.2) is 15.0 Å². The van der Waals surface area contributed by atoms with Crippen LogP contribution in [0, 0.1) is 0 Å². The van der Waals surface area contributed by atoms with E-state index in [1.54, 1.807) is 12.4 Å². The number of aryl methyl sites for hydroxylation is 1. The summed E-state index contributed by atoms with van der Waals surface area (Å²) in [7, 11) is 1.89. The molecule has 0 bridgehead atoms. The van der Waals surface area contributed by atoms with Crippen LogP contribution in [0.3, 0.4) is 0 Å². The van der Waals surface area contributed by atoms with Gasteiger partial charge in [0.05, 0.1) is 5.69 Å². The molecule has 1 aliphatic heterocycles. The third-order valence-electron chi connectivity index (χ3n) is 5.16. The average molecular weight is 391 g/mol. The number of carbonyl (C=O) groups is 1. The van der Waals surface area contributed by atoms with Crippen LogP contribution in [0.25, 0.3) is 0 Å².